The van der Waals surface area contributed by atoms with Crippen LogP contribution in [-0.4, -0.2) is 42.7 Å². The lowest BCUT2D eigenvalue weighted by molar-refractivity contribution is -0.130. The SMILES string of the molecule is O=C(CCl)N1CCc2c([nH]c3ccccc23)[C@H]1c1ccc(S(=O)(=O)NC2CC2)cc1F. The largest absolute Gasteiger partial charge is 0.356 e. The maximum atomic E-state index is 15.3. The standard InChI is InChI=1S/C22H21ClFN3O3S/c23-12-20(28)27-10-9-16-15-3-1-2-4-19(15)25-21(16)22(27)17-8-7-14(11-18(17)24)31(29,30)26-13-5-6-13/h1-4,7-8,11,13,22,25-26H,5-6,9-10,12H2/t22-/m1/s1. The van der Waals surface area contributed by atoms with Crippen LogP contribution in [0.3, 0.4) is 0 Å². The zero-order valence-electron chi connectivity index (χ0n) is 16.6. The molecule has 6 nitrogen and oxygen atoms in total. The molecule has 0 bridgehead atoms. The Morgan fingerprint density at radius 1 is 1.23 bits per heavy atom. The second kappa shape index (κ2) is 7.62. The Bertz CT molecular complexity index is 1290. The molecule has 1 saturated carbocycles. The van der Waals surface area contributed by atoms with Gasteiger partial charge >= 0.3 is 0 Å². The summed E-state index contributed by atoms with van der Waals surface area (Å²) in [5, 5.41) is 1.04. The number of H-pyrrole nitrogens is 1. The van der Waals surface area contributed by atoms with Crippen LogP contribution in [-0.2, 0) is 21.2 Å². The number of alkyl halides is 1. The Hall–Kier alpha value is -2.42. The maximum absolute atomic E-state index is 15.3. The van der Waals surface area contributed by atoms with Crippen molar-refractivity contribution in [3.05, 3.63) is 65.1 Å². The van der Waals surface area contributed by atoms with Gasteiger partial charge in [-0.3, -0.25) is 4.79 Å². The summed E-state index contributed by atoms with van der Waals surface area (Å²) >= 11 is 5.84. The van der Waals surface area contributed by atoms with E-state index in [1.807, 2.05) is 24.3 Å². The van der Waals surface area contributed by atoms with E-state index in [0.717, 1.165) is 41.1 Å². The number of hydrogen-bond donors (Lipinski definition) is 2. The molecule has 0 unspecified atom stereocenters. The van der Waals surface area contributed by atoms with E-state index in [1.165, 1.54) is 12.1 Å². The summed E-state index contributed by atoms with van der Waals surface area (Å²) < 4.78 is 42.9. The van der Waals surface area contributed by atoms with Crippen molar-refractivity contribution in [2.75, 3.05) is 12.4 Å². The van der Waals surface area contributed by atoms with Gasteiger partial charge in [-0.2, -0.15) is 0 Å². The topological polar surface area (TPSA) is 82.3 Å². The molecule has 0 saturated heterocycles. The fraction of sp³-hybridized carbons (Fsp3) is 0.318. The lowest BCUT2D eigenvalue weighted by Crippen LogP contribution is -2.41. The number of halogens is 2. The third-order valence-corrected chi connectivity index (χ3v) is 7.69. The number of hydrogen-bond acceptors (Lipinski definition) is 3. The molecule has 5 rings (SSSR count). The first kappa shape index (κ1) is 20.5. The smallest absolute Gasteiger partial charge is 0.240 e. The fourth-order valence-corrected chi connectivity index (χ4v) is 5.77. The van der Waals surface area contributed by atoms with E-state index in [4.69, 9.17) is 11.6 Å². The summed E-state index contributed by atoms with van der Waals surface area (Å²) in [6, 6.07) is 10.9. The van der Waals surface area contributed by atoms with E-state index in [0.29, 0.717) is 13.0 Å². The van der Waals surface area contributed by atoms with Crippen LogP contribution in [0.5, 0.6) is 0 Å². The Labute approximate surface area is 184 Å². The molecule has 1 aliphatic carbocycles. The molecule has 9 heteroatoms. The number of amides is 1. The van der Waals surface area contributed by atoms with Crippen molar-refractivity contribution in [1.29, 1.82) is 0 Å². The van der Waals surface area contributed by atoms with Crippen LogP contribution in [0.2, 0.25) is 0 Å². The van der Waals surface area contributed by atoms with E-state index in [1.54, 1.807) is 4.90 Å². The number of nitrogens with zero attached hydrogens (tertiary/aromatic N) is 1. The highest BCUT2D eigenvalue weighted by Gasteiger charge is 2.36. The van der Waals surface area contributed by atoms with Gasteiger partial charge in [-0.25, -0.2) is 17.5 Å². The molecule has 0 spiro atoms. The molecule has 162 valence electrons. The number of carbonyl (C=O) groups is 1. The normalized spacial score (nSPS) is 18.9. The number of aromatic nitrogens is 1. The molecule has 1 aromatic heterocycles. The van der Waals surface area contributed by atoms with Crippen LogP contribution < -0.4 is 4.72 Å². The number of aromatic amines is 1. The average molecular weight is 462 g/mol. The second-order valence-corrected chi connectivity index (χ2v) is 10.00. The first-order valence-electron chi connectivity index (χ1n) is 10.2. The predicted octanol–water partition coefficient (Wildman–Crippen LogP) is 3.46. The first-order chi connectivity index (χ1) is 14.9. The van der Waals surface area contributed by atoms with E-state index in [2.05, 4.69) is 9.71 Å². The molecular weight excluding hydrogens is 441 g/mol. The minimum absolute atomic E-state index is 0.0724. The molecule has 1 atom stereocenters. The van der Waals surface area contributed by atoms with E-state index < -0.39 is 21.9 Å². The van der Waals surface area contributed by atoms with Gasteiger partial charge in [0.15, 0.2) is 0 Å². The van der Waals surface area contributed by atoms with Crippen molar-refractivity contribution in [1.82, 2.24) is 14.6 Å². The van der Waals surface area contributed by atoms with Gasteiger partial charge in [-0.15, -0.1) is 11.6 Å². The molecule has 1 fully saturated rings. The number of fused-ring (bicyclic) bond motifs is 3. The summed E-state index contributed by atoms with van der Waals surface area (Å²) in [6.45, 7) is 0.397. The lowest BCUT2D eigenvalue weighted by atomic mass is 9.92. The van der Waals surface area contributed by atoms with Gasteiger partial charge < -0.3 is 9.88 Å². The molecule has 2 heterocycles. The van der Waals surface area contributed by atoms with Crippen molar-refractivity contribution in [2.24, 2.45) is 0 Å². The summed E-state index contributed by atoms with van der Waals surface area (Å²) in [7, 11) is -3.78. The molecule has 2 aromatic carbocycles. The zero-order valence-corrected chi connectivity index (χ0v) is 18.1. The molecule has 1 amide bonds. The quantitative estimate of drug-likeness (QED) is 0.571. The third-order valence-electron chi connectivity index (χ3n) is 5.95. The van der Waals surface area contributed by atoms with Crippen molar-refractivity contribution >= 4 is 38.4 Å². The zero-order chi connectivity index (χ0) is 21.8. The Morgan fingerprint density at radius 3 is 2.71 bits per heavy atom. The molecule has 3 aromatic rings. The molecule has 31 heavy (non-hydrogen) atoms. The first-order valence-corrected chi connectivity index (χ1v) is 12.2. The van der Waals surface area contributed by atoms with Crippen molar-refractivity contribution in [2.45, 2.75) is 36.2 Å². The summed E-state index contributed by atoms with van der Waals surface area (Å²) in [5.74, 6) is -1.20. The monoisotopic (exact) mass is 461 g/mol. The number of rotatable bonds is 5. The van der Waals surface area contributed by atoms with Crippen LogP contribution in [0.4, 0.5) is 4.39 Å². The fourth-order valence-electron chi connectivity index (χ4n) is 4.30. The third kappa shape index (κ3) is 3.62. The number of sulfonamides is 1. The van der Waals surface area contributed by atoms with E-state index in [-0.39, 0.29) is 28.3 Å². The Kier molecular flexibility index (Phi) is 5.03. The minimum Gasteiger partial charge on any atom is -0.356 e. The van der Waals surface area contributed by atoms with Crippen molar-refractivity contribution in [3.8, 4) is 0 Å². The number of carbonyl (C=O) groups excluding carboxylic acids is 1. The van der Waals surface area contributed by atoms with Gasteiger partial charge in [-0.1, -0.05) is 24.3 Å². The van der Waals surface area contributed by atoms with Gasteiger partial charge in [0, 0.05) is 34.7 Å². The van der Waals surface area contributed by atoms with Gasteiger partial charge in [0.1, 0.15) is 17.7 Å². The Balaban J connectivity index is 1.62. The van der Waals surface area contributed by atoms with Crippen LogP contribution in [0, 0.1) is 5.82 Å². The maximum Gasteiger partial charge on any atom is 0.240 e. The molecule has 0 radical (unpaired) electrons. The van der Waals surface area contributed by atoms with E-state index >= 15 is 4.39 Å². The van der Waals surface area contributed by atoms with Crippen LogP contribution >= 0.6 is 11.6 Å². The molecular formula is C22H21ClFN3O3S. The highest BCUT2D eigenvalue weighted by molar-refractivity contribution is 7.89. The molecule has 1 aliphatic heterocycles. The summed E-state index contributed by atoms with van der Waals surface area (Å²) in [5.41, 5.74) is 2.91. The second-order valence-electron chi connectivity index (χ2n) is 8.01. The molecule has 2 aliphatic rings. The number of benzene rings is 2. The minimum atomic E-state index is -3.78. The predicted molar refractivity (Wildman–Crippen MR) is 116 cm³/mol. The average Bonchev–Trinajstić information content (AvgIpc) is 3.48. The summed E-state index contributed by atoms with van der Waals surface area (Å²) in [6.07, 6.45) is 2.21. The Morgan fingerprint density at radius 2 is 2.00 bits per heavy atom. The van der Waals surface area contributed by atoms with Crippen LogP contribution in [0.25, 0.3) is 10.9 Å². The van der Waals surface area contributed by atoms with Gasteiger partial charge in [-0.05, 0) is 43.0 Å². The van der Waals surface area contributed by atoms with Gasteiger partial charge in [0.05, 0.1) is 4.90 Å². The highest BCUT2D eigenvalue weighted by Crippen LogP contribution is 2.39. The lowest BCUT2D eigenvalue weighted by Gasteiger charge is -2.36. The number of para-hydroxylation sites is 1. The van der Waals surface area contributed by atoms with Crippen LogP contribution in [0.15, 0.2) is 47.4 Å². The van der Waals surface area contributed by atoms with Crippen molar-refractivity contribution in [3.63, 3.8) is 0 Å². The van der Waals surface area contributed by atoms with Gasteiger partial charge in [0.25, 0.3) is 0 Å². The van der Waals surface area contributed by atoms with Crippen molar-refractivity contribution < 1.29 is 17.6 Å². The highest BCUT2D eigenvalue weighted by atomic mass is 35.5. The van der Waals surface area contributed by atoms with Gasteiger partial charge in [0.2, 0.25) is 15.9 Å². The van der Waals surface area contributed by atoms with Crippen LogP contribution in [0.1, 0.15) is 35.7 Å². The van der Waals surface area contributed by atoms with E-state index in [9.17, 15) is 13.2 Å². The molecule has 2 N–H and O–H groups in total. The summed E-state index contributed by atoms with van der Waals surface area (Å²) in [4.78, 5) is 17.4. The number of nitrogens with one attached hydrogen (secondary N) is 2.